The van der Waals surface area contributed by atoms with Gasteiger partial charge in [-0.25, -0.2) is 4.79 Å². The molecule has 1 aromatic rings. The van der Waals surface area contributed by atoms with Gasteiger partial charge >= 0.3 is 5.97 Å². The van der Waals surface area contributed by atoms with Crippen LogP contribution in [0.1, 0.15) is 29.8 Å². The van der Waals surface area contributed by atoms with Gasteiger partial charge in [0.15, 0.2) is 0 Å². The maximum Gasteiger partial charge on any atom is 0.338 e. The Kier molecular flexibility index (Phi) is 7.11. The Morgan fingerprint density at radius 2 is 1.93 bits per heavy atom. The zero-order chi connectivity index (χ0) is 11.0. The third-order valence-electron chi connectivity index (χ3n) is 1.57. The summed E-state index contributed by atoms with van der Waals surface area (Å²) in [5.41, 5.74) is 1.57. The van der Waals surface area contributed by atoms with E-state index in [0.717, 1.165) is 5.56 Å². The maximum absolute atomic E-state index is 11.2. The van der Waals surface area contributed by atoms with E-state index < -0.39 is 0 Å². The van der Waals surface area contributed by atoms with Crippen LogP contribution in [0.5, 0.6) is 0 Å². The average Bonchev–Trinajstić information content (AvgIpc) is 2.30. The molecule has 0 amide bonds. The molecule has 1 aromatic carbocycles. The Hall–Kier alpha value is -0.830. The third-order valence-corrected chi connectivity index (χ3v) is 2.17. The lowest BCUT2D eigenvalue weighted by Gasteiger charge is -2.03. The average molecular weight is 259 g/mol. The summed E-state index contributed by atoms with van der Waals surface area (Å²) in [4.78, 5) is 11.2. The second-order valence-electron chi connectivity index (χ2n) is 2.28. The molecule has 0 aromatic heterocycles. The highest BCUT2D eigenvalue weighted by molar-refractivity contribution is 9.08. The number of alkyl halides is 1. The topological polar surface area (TPSA) is 26.3 Å². The normalized spacial score (nSPS) is 8.57. The van der Waals surface area contributed by atoms with Gasteiger partial charge in [0.25, 0.3) is 0 Å². The first-order valence-corrected chi connectivity index (χ1v) is 5.64. The van der Waals surface area contributed by atoms with E-state index in [9.17, 15) is 4.79 Å². The Morgan fingerprint density at radius 3 is 2.43 bits per heavy atom. The smallest absolute Gasteiger partial charge is 0.338 e. The van der Waals surface area contributed by atoms with Crippen molar-refractivity contribution in [2.75, 3.05) is 7.11 Å². The first-order chi connectivity index (χ1) is 6.79. The predicted octanol–water partition coefficient (Wildman–Crippen LogP) is 3.39. The molecule has 0 atom stereocenters. The van der Waals surface area contributed by atoms with Crippen LogP contribution in [0.25, 0.3) is 0 Å². The summed E-state index contributed by atoms with van der Waals surface area (Å²) in [5.74, 6) is -0.287. The van der Waals surface area contributed by atoms with Gasteiger partial charge in [0.2, 0.25) is 0 Å². The first-order valence-electron chi connectivity index (χ1n) is 4.51. The SMILES string of the molecule is CC.COC(=O)c1ccccc1CBr. The van der Waals surface area contributed by atoms with E-state index in [1.807, 2.05) is 32.0 Å². The fourth-order valence-electron chi connectivity index (χ4n) is 0.946. The first kappa shape index (κ1) is 13.2. The number of esters is 1. The molecule has 0 spiro atoms. The van der Waals surface area contributed by atoms with Gasteiger partial charge in [-0.2, -0.15) is 0 Å². The number of benzene rings is 1. The molecule has 0 bridgehead atoms. The van der Waals surface area contributed by atoms with Crippen molar-refractivity contribution in [2.45, 2.75) is 19.2 Å². The number of rotatable bonds is 2. The van der Waals surface area contributed by atoms with E-state index in [1.54, 1.807) is 6.07 Å². The minimum atomic E-state index is -0.287. The highest BCUT2D eigenvalue weighted by Crippen LogP contribution is 2.12. The van der Waals surface area contributed by atoms with Gasteiger partial charge in [-0.05, 0) is 11.6 Å². The molecule has 78 valence electrons. The summed E-state index contributed by atoms with van der Waals surface area (Å²) in [5, 5.41) is 0.665. The molecule has 0 N–H and O–H groups in total. The monoisotopic (exact) mass is 258 g/mol. The molecule has 3 heteroatoms. The van der Waals surface area contributed by atoms with Gasteiger partial charge in [-0.3, -0.25) is 0 Å². The molecule has 0 saturated heterocycles. The second kappa shape index (κ2) is 7.56. The van der Waals surface area contributed by atoms with Crippen LogP contribution < -0.4 is 0 Å². The number of hydrogen-bond donors (Lipinski definition) is 0. The maximum atomic E-state index is 11.2. The van der Waals surface area contributed by atoms with Crippen molar-refractivity contribution in [1.82, 2.24) is 0 Å². The molecular formula is C11H15BrO2. The molecule has 2 nitrogen and oxygen atoms in total. The Balaban J connectivity index is 0.000000791. The van der Waals surface area contributed by atoms with E-state index >= 15 is 0 Å². The Bertz CT molecular complexity index is 284. The molecule has 0 aliphatic rings. The molecule has 0 heterocycles. The summed E-state index contributed by atoms with van der Waals surface area (Å²) in [6.45, 7) is 4.00. The third kappa shape index (κ3) is 3.50. The van der Waals surface area contributed by atoms with Crippen molar-refractivity contribution in [3.8, 4) is 0 Å². The van der Waals surface area contributed by atoms with Crippen molar-refractivity contribution >= 4 is 21.9 Å². The second-order valence-corrected chi connectivity index (χ2v) is 2.84. The number of methoxy groups -OCH3 is 1. The van der Waals surface area contributed by atoms with Crippen molar-refractivity contribution in [3.63, 3.8) is 0 Å². The number of carbonyl (C=O) groups is 1. The van der Waals surface area contributed by atoms with Crippen molar-refractivity contribution in [1.29, 1.82) is 0 Å². The van der Waals surface area contributed by atoms with Crippen LogP contribution >= 0.6 is 15.9 Å². The van der Waals surface area contributed by atoms with Crippen molar-refractivity contribution in [3.05, 3.63) is 35.4 Å². The zero-order valence-corrected chi connectivity index (χ0v) is 10.3. The molecule has 0 aliphatic carbocycles. The van der Waals surface area contributed by atoms with Gasteiger partial charge in [0.05, 0.1) is 12.7 Å². The minimum Gasteiger partial charge on any atom is -0.465 e. The van der Waals surface area contributed by atoms with Gasteiger partial charge in [-0.1, -0.05) is 48.0 Å². The van der Waals surface area contributed by atoms with Crippen molar-refractivity contribution in [2.24, 2.45) is 0 Å². The molecular weight excluding hydrogens is 244 g/mol. The summed E-state index contributed by atoms with van der Waals surface area (Å²) in [7, 11) is 1.38. The zero-order valence-electron chi connectivity index (χ0n) is 8.71. The lowest BCUT2D eigenvalue weighted by molar-refractivity contribution is 0.0600. The van der Waals surface area contributed by atoms with Gasteiger partial charge in [0.1, 0.15) is 0 Å². The van der Waals surface area contributed by atoms with Crippen LogP contribution in [0.15, 0.2) is 24.3 Å². The van der Waals surface area contributed by atoms with Crippen LogP contribution in [0.3, 0.4) is 0 Å². The van der Waals surface area contributed by atoms with Crippen LogP contribution in [0.2, 0.25) is 0 Å². The number of carbonyl (C=O) groups excluding carboxylic acids is 1. The largest absolute Gasteiger partial charge is 0.465 e. The Labute approximate surface area is 93.4 Å². The number of hydrogen-bond acceptors (Lipinski definition) is 2. The van der Waals surface area contributed by atoms with E-state index in [0.29, 0.717) is 10.9 Å². The van der Waals surface area contributed by atoms with E-state index in [1.165, 1.54) is 7.11 Å². The summed E-state index contributed by atoms with van der Waals surface area (Å²) in [6, 6.07) is 7.35. The fraction of sp³-hybridized carbons (Fsp3) is 0.364. The van der Waals surface area contributed by atoms with E-state index in [4.69, 9.17) is 0 Å². The van der Waals surface area contributed by atoms with Gasteiger partial charge in [0, 0.05) is 5.33 Å². The van der Waals surface area contributed by atoms with Crippen molar-refractivity contribution < 1.29 is 9.53 Å². The summed E-state index contributed by atoms with van der Waals surface area (Å²) < 4.78 is 4.62. The van der Waals surface area contributed by atoms with Gasteiger partial charge < -0.3 is 4.74 Å². The Morgan fingerprint density at radius 1 is 1.36 bits per heavy atom. The van der Waals surface area contributed by atoms with E-state index in [-0.39, 0.29) is 5.97 Å². The van der Waals surface area contributed by atoms with Crippen LogP contribution in [0.4, 0.5) is 0 Å². The quantitative estimate of drug-likeness (QED) is 0.601. The van der Waals surface area contributed by atoms with Crippen LogP contribution in [-0.2, 0) is 10.1 Å². The number of ether oxygens (including phenoxy) is 1. The predicted molar refractivity (Wildman–Crippen MR) is 61.8 cm³/mol. The molecule has 0 unspecified atom stereocenters. The lowest BCUT2D eigenvalue weighted by Crippen LogP contribution is -2.04. The highest BCUT2D eigenvalue weighted by Gasteiger charge is 2.08. The summed E-state index contributed by atoms with van der Waals surface area (Å²) >= 11 is 3.30. The molecule has 0 radical (unpaired) electrons. The molecule has 1 rings (SSSR count). The lowest BCUT2D eigenvalue weighted by atomic mass is 10.1. The highest BCUT2D eigenvalue weighted by atomic mass is 79.9. The van der Waals surface area contributed by atoms with E-state index in [2.05, 4.69) is 20.7 Å². The summed E-state index contributed by atoms with van der Waals surface area (Å²) in [6.07, 6.45) is 0. The van der Waals surface area contributed by atoms with Crippen LogP contribution in [-0.4, -0.2) is 13.1 Å². The minimum absolute atomic E-state index is 0.287. The molecule has 0 aliphatic heterocycles. The van der Waals surface area contributed by atoms with Crippen LogP contribution in [0, 0.1) is 0 Å². The number of halogens is 1. The standard InChI is InChI=1S/C9H9BrO2.C2H6/c1-12-9(11)8-5-3-2-4-7(8)6-10;1-2/h2-5H,6H2,1H3;1-2H3. The molecule has 0 saturated carbocycles. The molecule has 0 fully saturated rings. The molecule has 14 heavy (non-hydrogen) atoms. The van der Waals surface area contributed by atoms with Gasteiger partial charge in [-0.15, -0.1) is 0 Å². The fourth-order valence-corrected chi connectivity index (χ4v) is 1.43.